The summed E-state index contributed by atoms with van der Waals surface area (Å²) < 4.78 is 39.4. The van der Waals surface area contributed by atoms with Crippen LogP contribution in [0.1, 0.15) is 30.3 Å². The molecule has 5 nitrogen and oxygen atoms in total. The molecule has 1 amide bonds. The number of nitrogen functional groups attached to an aromatic ring is 1. The van der Waals surface area contributed by atoms with Gasteiger partial charge in [-0.15, -0.1) is 0 Å². The van der Waals surface area contributed by atoms with Crippen LogP contribution < -0.4 is 11.1 Å². The number of carbonyl (C=O) groups excluding carboxylic acids is 1. The lowest BCUT2D eigenvalue weighted by Gasteiger charge is -2.20. The molecular formula is C10H13F3N4O. The van der Waals surface area contributed by atoms with Gasteiger partial charge in [-0.25, -0.2) is 0 Å². The largest absolute Gasteiger partial charge is 0.411 e. The monoisotopic (exact) mass is 262 g/mol. The maximum Gasteiger partial charge on any atom is 0.411 e. The smallest absolute Gasteiger partial charge is 0.396 e. The lowest BCUT2D eigenvalue weighted by Crippen LogP contribution is -2.48. The maximum atomic E-state index is 12.7. The van der Waals surface area contributed by atoms with Crippen LogP contribution in [-0.4, -0.2) is 27.4 Å². The molecule has 100 valence electrons. The molecule has 0 radical (unpaired) electrons. The minimum Gasteiger partial charge on any atom is -0.396 e. The summed E-state index contributed by atoms with van der Waals surface area (Å²) >= 11 is 0. The van der Waals surface area contributed by atoms with E-state index in [9.17, 15) is 18.0 Å². The van der Waals surface area contributed by atoms with Gasteiger partial charge in [0, 0.05) is 6.54 Å². The Bertz CT molecular complexity index is 476. The Hall–Kier alpha value is -1.73. The summed E-state index contributed by atoms with van der Waals surface area (Å²) in [4.78, 5) is 11.9. The van der Waals surface area contributed by atoms with E-state index < -0.39 is 17.6 Å². The van der Waals surface area contributed by atoms with Crippen molar-refractivity contribution < 1.29 is 18.0 Å². The first-order valence-electron chi connectivity index (χ1n) is 5.51. The van der Waals surface area contributed by atoms with Gasteiger partial charge in [-0.05, 0) is 19.8 Å². The van der Waals surface area contributed by atoms with E-state index >= 15 is 0 Å². The second-order valence-corrected chi connectivity index (χ2v) is 4.30. The summed E-state index contributed by atoms with van der Waals surface area (Å²) in [5, 5.41) is 5.84. The number of alkyl halides is 3. The second kappa shape index (κ2) is 3.89. The average Bonchev–Trinajstić information content (AvgIpc) is 2.95. The lowest BCUT2D eigenvalue weighted by atomic mass is 10.2. The van der Waals surface area contributed by atoms with Gasteiger partial charge in [0.05, 0.1) is 11.9 Å². The molecule has 0 spiro atoms. The lowest BCUT2D eigenvalue weighted by molar-refractivity contribution is -0.163. The van der Waals surface area contributed by atoms with Crippen LogP contribution in [0.3, 0.4) is 0 Å². The molecule has 0 bridgehead atoms. The number of hydrogen-bond acceptors (Lipinski definition) is 3. The third kappa shape index (κ3) is 1.91. The van der Waals surface area contributed by atoms with Crippen molar-refractivity contribution in [1.29, 1.82) is 0 Å². The number of aromatic nitrogens is 2. The molecule has 0 aliphatic heterocycles. The molecule has 2 rings (SSSR count). The Labute approximate surface area is 101 Å². The van der Waals surface area contributed by atoms with Crippen molar-refractivity contribution in [2.75, 3.05) is 5.73 Å². The third-order valence-corrected chi connectivity index (χ3v) is 3.03. The van der Waals surface area contributed by atoms with Gasteiger partial charge in [0.1, 0.15) is 11.2 Å². The van der Waals surface area contributed by atoms with E-state index in [-0.39, 0.29) is 24.2 Å². The molecule has 1 aliphatic carbocycles. The molecule has 1 aliphatic rings. The highest BCUT2D eigenvalue weighted by Crippen LogP contribution is 2.49. The van der Waals surface area contributed by atoms with Gasteiger partial charge >= 0.3 is 6.18 Å². The van der Waals surface area contributed by atoms with Gasteiger partial charge in [-0.3, -0.25) is 9.48 Å². The van der Waals surface area contributed by atoms with Gasteiger partial charge in [0.2, 0.25) is 0 Å². The highest BCUT2D eigenvalue weighted by atomic mass is 19.4. The van der Waals surface area contributed by atoms with Crippen molar-refractivity contribution in [2.45, 2.75) is 38.0 Å². The summed E-state index contributed by atoms with van der Waals surface area (Å²) in [5.74, 6) is -0.832. The standard InChI is InChI=1S/C10H13F3N4O/c1-2-17-7(6(14)5-15-17)8(18)16-9(3-4-9)10(11,12)13/h5H,2-4,14H2,1H3,(H,16,18). The topological polar surface area (TPSA) is 72.9 Å². The van der Waals surface area contributed by atoms with Gasteiger partial charge in [0.25, 0.3) is 5.91 Å². The van der Waals surface area contributed by atoms with Crippen LogP contribution in [0, 0.1) is 0 Å². The predicted octanol–water partition coefficient (Wildman–Crippen LogP) is 1.31. The molecule has 1 heterocycles. The molecule has 0 atom stereocenters. The average molecular weight is 262 g/mol. The van der Waals surface area contributed by atoms with Gasteiger partial charge in [0.15, 0.2) is 0 Å². The summed E-state index contributed by atoms with van der Waals surface area (Å²) in [6.45, 7) is 2.08. The first-order chi connectivity index (χ1) is 8.31. The summed E-state index contributed by atoms with van der Waals surface area (Å²) in [7, 11) is 0. The minimum atomic E-state index is -4.44. The normalized spacial score (nSPS) is 17.6. The number of nitrogens with two attached hydrogens (primary N) is 1. The molecule has 18 heavy (non-hydrogen) atoms. The molecule has 3 N–H and O–H groups in total. The number of anilines is 1. The highest BCUT2D eigenvalue weighted by Gasteiger charge is 2.64. The van der Waals surface area contributed by atoms with E-state index in [0.717, 1.165) is 0 Å². The van der Waals surface area contributed by atoms with Crippen molar-refractivity contribution in [1.82, 2.24) is 15.1 Å². The van der Waals surface area contributed by atoms with Gasteiger partial charge in [-0.1, -0.05) is 0 Å². The van der Waals surface area contributed by atoms with E-state index in [1.807, 2.05) is 5.32 Å². The van der Waals surface area contributed by atoms with Crippen molar-refractivity contribution in [3.8, 4) is 0 Å². The molecule has 1 fully saturated rings. The Morgan fingerprint density at radius 2 is 2.22 bits per heavy atom. The summed E-state index contributed by atoms with van der Waals surface area (Å²) in [6, 6.07) is 0. The van der Waals surface area contributed by atoms with Gasteiger partial charge < -0.3 is 11.1 Å². The molecule has 0 saturated heterocycles. The van der Waals surface area contributed by atoms with E-state index in [4.69, 9.17) is 5.73 Å². The van der Waals surface area contributed by atoms with Crippen LogP contribution >= 0.6 is 0 Å². The van der Waals surface area contributed by atoms with Crippen LogP contribution in [0.15, 0.2) is 6.20 Å². The van der Waals surface area contributed by atoms with E-state index in [0.29, 0.717) is 6.54 Å². The fraction of sp³-hybridized carbons (Fsp3) is 0.600. The number of amides is 1. The van der Waals surface area contributed by atoms with E-state index in [1.165, 1.54) is 10.9 Å². The quantitative estimate of drug-likeness (QED) is 0.862. The van der Waals surface area contributed by atoms with Gasteiger partial charge in [-0.2, -0.15) is 18.3 Å². The molecule has 8 heteroatoms. The maximum absolute atomic E-state index is 12.7. The van der Waals surface area contributed by atoms with E-state index in [1.54, 1.807) is 6.92 Å². The summed E-state index contributed by atoms with van der Waals surface area (Å²) in [6.07, 6.45) is -3.37. The zero-order valence-corrected chi connectivity index (χ0v) is 9.71. The molecule has 0 aromatic carbocycles. The number of nitrogens with one attached hydrogen (secondary N) is 1. The Morgan fingerprint density at radius 1 is 1.61 bits per heavy atom. The Morgan fingerprint density at radius 3 is 2.67 bits per heavy atom. The van der Waals surface area contributed by atoms with Crippen LogP contribution in [-0.2, 0) is 6.54 Å². The van der Waals surface area contributed by atoms with Crippen molar-refractivity contribution in [3.63, 3.8) is 0 Å². The number of rotatable bonds is 3. The second-order valence-electron chi connectivity index (χ2n) is 4.30. The Kier molecular flexibility index (Phi) is 2.75. The number of hydrogen-bond donors (Lipinski definition) is 2. The fourth-order valence-corrected chi connectivity index (χ4v) is 1.77. The number of carbonyl (C=O) groups is 1. The van der Waals surface area contributed by atoms with Crippen LogP contribution in [0.2, 0.25) is 0 Å². The van der Waals surface area contributed by atoms with Crippen LogP contribution in [0.25, 0.3) is 0 Å². The number of halogens is 3. The molecule has 1 saturated carbocycles. The van der Waals surface area contributed by atoms with Crippen LogP contribution in [0.5, 0.6) is 0 Å². The van der Waals surface area contributed by atoms with Crippen molar-refractivity contribution >= 4 is 11.6 Å². The van der Waals surface area contributed by atoms with Crippen molar-refractivity contribution in [3.05, 3.63) is 11.9 Å². The Balaban J connectivity index is 2.21. The number of nitrogens with zero attached hydrogens (tertiary/aromatic N) is 2. The number of aryl methyl sites for hydroxylation is 1. The molecule has 1 aromatic heterocycles. The van der Waals surface area contributed by atoms with Crippen molar-refractivity contribution in [2.24, 2.45) is 0 Å². The molecule has 1 aromatic rings. The zero-order chi connectivity index (χ0) is 13.6. The predicted molar refractivity (Wildman–Crippen MR) is 57.8 cm³/mol. The van der Waals surface area contributed by atoms with E-state index in [2.05, 4.69) is 5.10 Å². The first-order valence-corrected chi connectivity index (χ1v) is 5.51. The van der Waals surface area contributed by atoms with Crippen LogP contribution in [0.4, 0.5) is 18.9 Å². The molecule has 0 unspecified atom stereocenters. The summed E-state index contributed by atoms with van der Waals surface area (Å²) in [5.41, 5.74) is 3.51. The fourth-order valence-electron chi connectivity index (χ4n) is 1.77. The zero-order valence-electron chi connectivity index (χ0n) is 9.71. The molecular weight excluding hydrogens is 249 g/mol. The SMILES string of the molecule is CCn1ncc(N)c1C(=O)NC1(C(F)(F)F)CC1. The third-order valence-electron chi connectivity index (χ3n) is 3.03. The minimum absolute atomic E-state index is 0.0203. The first kappa shape index (κ1) is 12.7. The highest BCUT2D eigenvalue weighted by molar-refractivity contribution is 5.98.